The van der Waals surface area contributed by atoms with Gasteiger partial charge in [0.1, 0.15) is 11.6 Å². The van der Waals surface area contributed by atoms with Crippen molar-refractivity contribution >= 4 is 17.2 Å². The molecule has 6 nitrogen and oxygen atoms in total. The second-order valence-electron chi connectivity index (χ2n) is 7.57. The van der Waals surface area contributed by atoms with Gasteiger partial charge in [0.25, 0.3) is 5.91 Å². The average Bonchev–Trinajstić information content (AvgIpc) is 3.27. The molecule has 2 aromatic carbocycles. The van der Waals surface area contributed by atoms with Crippen LogP contribution in [0, 0.1) is 6.92 Å². The minimum atomic E-state index is 0.0175. The van der Waals surface area contributed by atoms with E-state index in [1.165, 1.54) is 11.3 Å². The molecule has 0 fully saturated rings. The number of ether oxygens (including phenoxy) is 3. The Balaban J connectivity index is 1.72. The maximum absolute atomic E-state index is 13.2. The molecule has 0 N–H and O–H groups in total. The van der Waals surface area contributed by atoms with Gasteiger partial charge in [-0.3, -0.25) is 4.79 Å². The summed E-state index contributed by atoms with van der Waals surface area (Å²) in [6.45, 7) is 6.91. The number of nitrogens with zero attached hydrogens (tertiary/aromatic N) is 2. The summed E-state index contributed by atoms with van der Waals surface area (Å²) >= 11 is 1.51. The highest BCUT2D eigenvalue weighted by Gasteiger charge is 2.22. The van der Waals surface area contributed by atoms with E-state index < -0.39 is 0 Å². The van der Waals surface area contributed by atoms with E-state index >= 15 is 0 Å². The largest absolute Gasteiger partial charge is 0.493 e. The van der Waals surface area contributed by atoms with Gasteiger partial charge < -0.3 is 19.1 Å². The molecule has 0 aliphatic carbocycles. The van der Waals surface area contributed by atoms with Crippen LogP contribution in [0.15, 0.2) is 47.8 Å². The van der Waals surface area contributed by atoms with Gasteiger partial charge in [-0.05, 0) is 44.5 Å². The van der Waals surface area contributed by atoms with Crippen LogP contribution in [0.25, 0.3) is 0 Å². The molecule has 0 aliphatic rings. The standard InChI is InChI=1S/C25H30N2O4S/c1-6-18(3)27(25(28)19-12-10-17(2)11-13-19)14-20-16-32-23(26-20)15-31-24-21(29-4)8-7-9-22(24)30-5/h7-13,16,18H,6,14-15H2,1-5H3. The van der Waals surface area contributed by atoms with E-state index in [-0.39, 0.29) is 18.6 Å². The molecule has 3 aromatic rings. The number of carbonyl (C=O) groups is 1. The maximum Gasteiger partial charge on any atom is 0.254 e. The van der Waals surface area contributed by atoms with E-state index in [0.717, 1.165) is 22.7 Å². The molecule has 0 bridgehead atoms. The molecule has 170 valence electrons. The number of rotatable bonds is 10. The molecular weight excluding hydrogens is 424 g/mol. The zero-order valence-corrected chi connectivity index (χ0v) is 20.1. The van der Waals surface area contributed by atoms with Gasteiger partial charge in [0.2, 0.25) is 5.75 Å². The smallest absolute Gasteiger partial charge is 0.254 e. The van der Waals surface area contributed by atoms with Gasteiger partial charge in [0, 0.05) is 17.0 Å². The van der Waals surface area contributed by atoms with Crippen molar-refractivity contribution in [3.05, 3.63) is 69.7 Å². The van der Waals surface area contributed by atoms with E-state index in [4.69, 9.17) is 19.2 Å². The number of amides is 1. The Morgan fingerprint density at radius 3 is 2.34 bits per heavy atom. The number of para-hydroxylation sites is 1. The number of benzene rings is 2. The number of aryl methyl sites for hydroxylation is 1. The molecule has 0 saturated heterocycles. The summed E-state index contributed by atoms with van der Waals surface area (Å²) in [4.78, 5) is 19.8. The molecule has 1 heterocycles. The second-order valence-corrected chi connectivity index (χ2v) is 8.51. The predicted octanol–water partition coefficient (Wildman–Crippen LogP) is 5.49. The lowest BCUT2D eigenvalue weighted by Crippen LogP contribution is -2.37. The molecule has 0 aliphatic heterocycles. The van der Waals surface area contributed by atoms with Crippen molar-refractivity contribution < 1.29 is 19.0 Å². The van der Waals surface area contributed by atoms with E-state index in [0.29, 0.717) is 29.4 Å². The van der Waals surface area contributed by atoms with Crippen molar-refractivity contribution in [1.29, 1.82) is 0 Å². The molecule has 1 atom stereocenters. The third kappa shape index (κ3) is 5.59. The zero-order valence-electron chi connectivity index (χ0n) is 19.3. The minimum absolute atomic E-state index is 0.0175. The summed E-state index contributed by atoms with van der Waals surface area (Å²) in [5.41, 5.74) is 2.67. The van der Waals surface area contributed by atoms with Gasteiger partial charge in [0.15, 0.2) is 11.5 Å². The number of hydrogen-bond acceptors (Lipinski definition) is 6. The molecular formula is C25H30N2O4S. The Labute approximate surface area is 193 Å². The summed E-state index contributed by atoms with van der Waals surface area (Å²) in [7, 11) is 3.19. The lowest BCUT2D eigenvalue weighted by molar-refractivity contribution is 0.0669. The van der Waals surface area contributed by atoms with Gasteiger partial charge in [-0.1, -0.05) is 30.7 Å². The number of carbonyl (C=O) groups excluding carboxylic acids is 1. The van der Waals surface area contributed by atoms with Crippen LogP contribution in [0.1, 0.15) is 46.9 Å². The summed E-state index contributed by atoms with van der Waals surface area (Å²) in [6, 6.07) is 13.3. The van der Waals surface area contributed by atoms with Crippen LogP contribution in [0.3, 0.4) is 0 Å². The van der Waals surface area contributed by atoms with Crippen molar-refractivity contribution in [1.82, 2.24) is 9.88 Å². The fourth-order valence-electron chi connectivity index (χ4n) is 3.27. The van der Waals surface area contributed by atoms with Crippen LogP contribution >= 0.6 is 11.3 Å². The van der Waals surface area contributed by atoms with E-state index in [9.17, 15) is 4.79 Å². The average molecular weight is 455 g/mol. The zero-order chi connectivity index (χ0) is 23.1. The number of hydrogen-bond donors (Lipinski definition) is 0. The van der Waals surface area contributed by atoms with Crippen LogP contribution in [0.2, 0.25) is 0 Å². The minimum Gasteiger partial charge on any atom is -0.493 e. The lowest BCUT2D eigenvalue weighted by Gasteiger charge is -2.28. The molecule has 0 radical (unpaired) electrons. The highest BCUT2D eigenvalue weighted by atomic mass is 32.1. The summed E-state index contributed by atoms with van der Waals surface area (Å²) in [5, 5.41) is 2.80. The highest BCUT2D eigenvalue weighted by Crippen LogP contribution is 2.37. The van der Waals surface area contributed by atoms with Gasteiger partial charge >= 0.3 is 0 Å². The summed E-state index contributed by atoms with van der Waals surface area (Å²) < 4.78 is 16.7. The van der Waals surface area contributed by atoms with Crippen molar-refractivity contribution in [2.75, 3.05) is 14.2 Å². The quantitative estimate of drug-likeness (QED) is 0.405. The number of aromatic nitrogens is 1. The van der Waals surface area contributed by atoms with Crippen LogP contribution in [0.5, 0.6) is 17.2 Å². The van der Waals surface area contributed by atoms with Gasteiger partial charge in [-0.25, -0.2) is 4.98 Å². The Kier molecular flexibility index (Phi) is 8.11. The first kappa shape index (κ1) is 23.6. The van der Waals surface area contributed by atoms with Crippen molar-refractivity contribution in [3.8, 4) is 17.2 Å². The first-order chi connectivity index (χ1) is 15.5. The third-order valence-corrected chi connectivity index (χ3v) is 6.21. The van der Waals surface area contributed by atoms with Crippen LogP contribution < -0.4 is 14.2 Å². The fourth-order valence-corrected chi connectivity index (χ4v) is 3.96. The van der Waals surface area contributed by atoms with Crippen molar-refractivity contribution in [2.24, 2.45) is 0 Å². The first-order valence-electron chi connectivity index (χ1n) is 10.6. The lowest BCUT2D eigenvalue weighted by atomic mass is 10.1. The van der Waals surface area contributed by atoms with Gasteiger partial charge in [-0.2, -0.15) is 0 Å². The van der Waals surface area contributed by atoms with E-state index in [1.807, 2.05) is 59.7 Å². The Morgan fingerprint density at radius 2 is 1.75 bits per heavy atom. The maximum atomic E-state index is 13.2. The Bertz CT molecular complexity index is 1010. The predicted molar refractivity (Wildman–Crippen MR) is 127 cm³/mol. The molecule has 1 unspecified atom stereocenters. The molecule has 1 amide bonds. The number of methoxy groups -OCH3 is 2. The molecule has 0 spiro atoms. The normalized spacial score (nSPS) is 11.7. The van der Waals surface area contributed by atoms with Crippen LogP contribution in [0.4, 0.5) is 0 Å². The summed E-state index contributed by atoms with van der Waals surface area (Å²) in [6.07, 6.45) is 0.866. The molecule has 1 aromatic heterocycles. The SMILES string of the molecule is CCC(C)N(Cc1csc(COc2c(OC)cccc2OC)n1)C(=O)c1ccc(C)cc1. The molecule has 0 saturated carbocycles. The van der Waals surface area contributed by atoms with Gasteiger partial charge in [-0.15, -0.1) is 11.3 Å². The summed E-state index contributed by atoms with van der Waals surface area (Å²) in [5.74, 6) is 1.77. The molecule has 32 heavy (non-hydrogen) atoms. The molecule has 7 heteroatoms. The fraction of sp³-hybridized carbons (Fsp3) is 0.360. The monoisotopic (exact) mass is 454 g/mol. The highest BCUT2D eigenvalue weighted by molar-refractivity contribution is 7.09. The van der Waals surface area contributed by atoms with Crippen molar-refractivity contribution in [3.63, 3.8) is 0 Å². The van der Waals surface area contributed by atoms with Crippen LogP contribution in [-0.4, -0.2) is 36.1 Å². The topological polar surface area (TPSA) is 60.9 Å². The first-order valence-corrected chi connectivity index (χ1v) is 11.5. The van der Waals surface area contributed by atoms with Gasteiger partial charge in [0.05, 0.1) is 26.5 Å². The number of thiazole rings is 1. The molecule has 3 rings (SSSR count). The Morgan fingerprint density at radius 1 is 1.09 bits per heavy atom. The van der Waals surface area contributed by atoms with E-state index in [2.05, 4.69) is 13.8 Å². The van der Waals surface area contributed by atoms with Crippen molar-refractivity contribution in [2.45, 2.75) is 46.4 Å². The van der Waals surface area contributed by atoms with E-state index in [1.54, 1.807) is 14.2 Å². The second kappa shape index (κ2) is 11.0. The Hall–Kier alpha value is -3.06. The third-order valence-electron chi connectivity index (χ3n) is 5.34. The van der Waals surface area contributed by atoms with Crippen LogP contribution in [-0.2, 0) is 13.2 Å².